The molecule has 1 saturated carbocycles. The van der Waals surface area contributed by atoms with Crippen LogP contribution in [0.2, 0.25) is 0 Å². The van der Waals surface area contributed by atoms with Crippen LogP contribution in [0, 0.1) is 24.7 Å². The number of esters is 1. The summed E-state index contributed by atoms with van der Waals surface area (Å²) in [5.74, 6) is 0.719. The summed E-state index contributed by atoms with van der Waals surface area (Å²) in [4.78, 5) is 43.9. The Morgan fingerprint density at radius 1 is 1.05 bits per heavy atom. The lowest BCUT2D eigenvalue weighted by molar-refractivity contribution is -0.172. The number of aryl methyl sites for hydroxylation is 2. The summed E-state index contributed by atoms with van der Waals surface area (Å²) in [6.45, 7) is 7.52. The Morgan fingerprint density at radius 3 is 2.69 bits per heavy atom. The first-order valence-electron chi connectivity index (χ1n) is 20.6. The Labute approximate surface area is 341 Å². The number of benzene rings is 1. The summed E-state index contributed by atoms with van der Waals surface area (Å²) in [7, 11) is 1.94. The lowest BCUT2D eigenvalue weighted by Gasteiger charge is -2.48. The van der Waals surface area contributed by atoms with Gasteiger partial charge < -0.3 is 45.4 Å². The molecule has 2 bridgehead atoms. The Morgan fingerprint density at radius 2 is 1.88 bits per heavy atom. The SMILES string of the molecule is CNC[C@@H]1C[C@@H]2CC[C@@H]1[C@@H]1c3c(cc4oc(C)cc(=O)c4c3O)OC(C)(C)[C@@H]1OC(=O)[C@@]21O[C@@H]1CCc1cc(N)nc(-c2cc(N)nc(CN3C=C4C=CN=C4C3)c2)c1. The third kappa shape index (κ3) is 6.26. The van der Waals surface area contributed by atoms with E-state index in [1.54, 1.807) is 13.0 Å². The largest absolute Gasteiger partial charge is 0.507 e. The van der Waals surface area contributed by atoms with Crippen molar-refractivity contribution in [3.8, 4) is 22.8 Å². The van der Waals surface area contributed by atoms with Crippen molar-refractivity contribution in [3.05, 3.63) is 93.3 Å². The van der Waals surface area contributed by atoms with Gasteiger partial charge in [-0.1, -0.05) is 0 Å². The molecule has 1 spiro atoms. The molecule has 6 N–H and O–H groups in total. The number of hydrogen-bond donors (Lipinski definition) is 4. The van der Waals surface area contributed by atoms with Gasteiger partial charge in [-0.2, -0.15) is 0 Å². The highest BCUT2D eigenvalue weighted by molar-refractivity contribution is 6.07. The minimum Gasteiger partial charge on any atom is -0.507 e. The van der Waals surface area contributed by atoms with Crippen molar-refractivity contribution in [1.82, 2.24) is 20.2 Å². The molecule has 306 valence electrons. The summed E-state index contributed by atoms with van der Waals surface area (Å²) < 4.78 is 25.7. The van der Waals surface area contributed by atoms with Crippen molar-refractivity contribution in [2.75, 3.05) is 31.6 Å². The van der Waals surface area contributed by atoms with Crippen molar-refractivity contribution >= 4 is 34.3 Å². The summed E-state index contributed by atoms with van der Waals surface area (Å²) in [5.41, 5.74) is 16.5. The molecule has 9 heterocycles. The van der Waals surface area contributed by atoms with Crippen LogP contribution in [-0.4, -0.2) is 75.2 Å². The lowest BCUT2D eigenvalue weighted by Crippen LogP contribution is -2.54. The topological polar surface area (TPSA) is 204 Å². The fraction of sp³-hybridized carbons (Fsp3) is 0.444. The van der Waals surface area contributed by atoms with E-state index in [0.29, 0.717) is 66.9 Å². The summed E-state index contributed by atoms with van der Waals surface area (Å²) in [5, 5.41) is 15.4. The molecule has 14 heteroatoms. The van der Waals surface area contributed by atoms with Crippen molar-refractivity contribution < 1.29 is 28.5 Å². The molecule has 6 aliphatic heterocycles. The predicted molar refractivity (Wildman–Crippen MR) is 222 cm³/mol. The number of nitrogen functional groups attached to an aromatic ring is 2. The van der Waals surface area contributed by atoms with Gasteiger partial charge in [0, 0.05) is 53.1 Å². The Kier molecular flexibility index (Phi) is 8.69. The molecule has 7 aliphatic rings. The normalized spacial score (nSPS) is 28.5. The molecule has 1 aromatic carbocycles. The monoisotopic (exact) mass is 799 g/mol. The van der Waals surface area contributed by atoms with Crippen LogP contribution in [0.1, 0.15) is 68.0 Å². The molecule has 0 unspecified atom stereocenters. The number of fused-ring (bicyclic) bond motifs is 6. The highest BCUT2D eigenvalue weighted by atomic mass is 16.7. The van der Waals surface area contributed by atoms with Gasteiger partial charge in [0.25, 0.3) is 0 Å². The zero-order valence-corrected chi connectivity index (χ0v) is 33.7. The highest BCUT2D eigenvalue weighted by Gasteiger charge is 2.70. The van der Waals surface area contributed by atoms with E-state index in [0.717, 1.165) is 47.4 Å². The maximum atomic E-state index is 14.7. The molecule has 11 rings (SSSR count). The van der Waals surface area contributed by atoms with Crippen LogP contribution in [-0.2, 0) is 27.2 Å². The quantitative estimate of drug-likeness (QED) is 0.132. The van der Waals surface area contributed by atoms with Gasteiger partial charge in [-0.05, 0) is 114 Å². The number of phenols is 1. The van der Waals surface area contributed by atoms with Crippen molar-refractivity contribution in [2.24, 2.45) is 22.7 Å². The van der Waals surface area contributed by atoms with Gasteiger partial charge in [-0.3, -0.25) is 9.79 Å². The Balaban J connectivity index is 0.929. The number of carbonyl (C=O) groups is 1. The molecule has 0 amide bonds. The number of carbonyl (C=O) groups excluding carboxylic acids is 1. The molecule has 0 radical (unpaired) electrons. The van der Waals surface area contributed by atoms with Gasteiger partial charge in [-0.15, -0.1) is 0 Å². The van der Waals surface area contributed by atoms with Crippen LogP contribution < -0.4 is 26.9 Å². The average Bonchev–Trinajstić information content (AvgIpc) is 3.52. The maximum absolute atomic E-state index is 14.7. The van der Waals surface area contributed by atoms with E-state index in [2.05, 4.69) is 31.4 Å². The number of aromatic nitrogens is 2. The molecule has 7 atom stereocenters. The van der Waals surface area contributed by atoms with E-state index in [1.807, 2.05) is 57.4 Å². The number of ether oxygens (including phenoxy) is 3. The molecule has 3 saturated heterocycles. The number of allylic oxidation sites excluding steroid dienone is 1. The molecule has 4 fully saturated rings. The molecule has 59 heavy (non-hydrogen) atoms. The second kappa shape index (κ2) is 13.7. The van der Waals surface area contributed by atoms with E-state index in [1.165, 1.54) is 6.07 Å². The van der Waals surface area contributed by atoms with Gasteiger partial charge in [0.15, 0.2) is 11.0 Å². The van der Waals surface area contributed by atoms with Gasteiger partial charge in [0.05, 0.1) is 36.3 Å². The second-order valence-electron chi connectivity index (χ2n) is 17.7. The third-order valence-electron chi connectivity index (χ3n) is 13.4. The van der Waals surface area contributed by atoms with Crippen molar-refractivity contribution in [2.45, 2.75) is 88.7 Å². The number of aromatic hydroxyl groups is 1. The molecule has 3 aromatic heterocycles. The van der Waals surface area contributed by atoms with Gasteiger partial charge >= 0.3 is 5.97 Å². The van der Waals surface area contributed by atoms with Crippen LogP contribution in [0.5, 0.6) is 11.5 Å². The molecule has 14 nitrogen and oxygen atoms in total. The molecule has 4 aromatic rings. The number of nitrogens with two attached hydrogens (primary N) is 2. The standard InChI is InChI=1S/C45H49N7O7/c1-22-11-32(53)39-33(56-22)17-34-40(41(39)54)38-29-7-6-27(14-26(29)18-48-4)45(43(55)57-42(38)44(2,3)58-34)35(59-45)8-5-23-12-30(51-36(46)13-23)25-15-28(50-37(47)16-25)20-52-19-24-9-10-49-31(24)21-52/h9-13,15-17,19,26-27,29,35,38,42,48,54H,5-8,14,18,20-21H2,1-4H3,(H2,46,51)(H2,47,50)/t26-,27-,29-,35+,38+,42+,45+/m0/s1. The van der Waals surface area contributed by atoms with Gasteiger partial charge in [-0.25, -0.2) is 14.8 Å². The van der Waals surface area contributed by atoms with E-state index < -0.39 is 29.2 Å². The van der Waals surface area contributed by atoms with E-state index in [9.17, 15) is 14.7 Å². The van der Waals surface area contributed by atoms with E-state index in [-0.39, 0.29) is 46.0 Å². The first-order valence-corrected chi connectivity index (χ1v) is 20.6. The Bertz CT molecular complexity index is 2580. The number of epoxide rings is 1. The fourth-order valence-electron chi connectivity index (χ4n) is 10.8. The fourth-order valence-corrected chi connectivity index (χ4v) is 10.8. The number of pyridine rings is 2. The number of nitrogens with zero attached hydrogens (tertiary/aromatic N) is 4. The zero-order chi connectivity index (χ0) is 41.0. The maximum Gasteiger partial charge on any atom is 0.341 e. The summed E-state index contributed by atoms with van der Waals surface area (Å²) >= 11 is 0. The number of aliphatic imine (C=N–C) groups is 1. The number of anilines is 2. The predicted octanol–water partition coefficient (Wildman–Crippen LogP) is 5.30. The highest BCUT2D eigenvalue weighted by Crippen LogP contribution is 2.61. The summed E-state index contributed by atoms with van der Waals surface area (Å²) in [6.07, 6.45) is 8.22. The second-order valence-corrected chi connectivity index (χ2v) is 17.7. The number of nitrogens with one attached hydrogen (secondary N) is 1. The molecule has 1 aliphatic carbocycles. The Hall–Kier alpha value is -5.73. The minimum absolute atomic E-state index is 0.0196. The smallest absolute Gasteiger partial charge is 0.341 e. The lowest BCUT2D eigenvalue weighted by atomic mass is 9.61. The van der Waals surface area contributed by atoms with Crippen LogP contribution in [0.25, 0.3) is 22.2 Å². The summed E-state index contributed by atoms with van der Waals surface area (Å²) in [6, 6.07) is 10.8. The molecular formula is C45H49N7O7. The van der Waals surface area contributed by atoms with Crippen LogP contribution in [0.4, 0.5) is 11.6 Å². The van der Waals surface area contributed by atoms with E-state index >= 15 is 0 Å². The number of rotatable bonds is 8. The average molecular weight is 800 g/mol. The van der Waals surface area contributed by atoms with Crippen LogP contribution >= 0.6 is 0 Å². The van der Waals surface area contributed by atoms with E-state index in [4.69, 9.17) is 30.1 Å². The molecular weight excluding hydrogens is 751 g/mol. The first kappa shape index (κ1) is 37.5. The van der Waals surface area contributed by atoms with Gasteiger partial charge in [0.1, 0.15) is 51.6 Å². The number of phenolic OH excluding ortho intramolecular Hbond substituents is 1. The van der Waals surface area contributed by atoms with Crippen molar-refractivity contribution in [1.29, 1.82) is 0 Å². The zero-order valence-electron chi connectivity index (χ0n) is 33.7. The third-order valence-corrected chi connectivity index (χ3v) is 13.4. The number of hydrogen-bond acceptors (Lipinski definition) is 14. The first-order chi connectivity index (χ1) is 28.3. The van der Waals surface area contributed by atoms with Crippen molar-refractivity contribution in [3.63, 3.8) is 0 Å². The van der Waals surface area contributed by atoms with Crippen LogP contribution in [0.15, 0.2) is 74.7 Å². The minimum atomic E-state index is -1.12. The van der Waals surface area contributed by atoms with Crippen LogP contribution in [0.3, 0.4) is 0 Å². The van der Waals surface area contributed by atoms with Gasteiger partial charge in [0.2, 0.25) is 0 Å².